The maximum absolute atomic E-state index is 5.72. The summed E-state index contributed by atoms with van der Waals surface area (Å²) in [5.41, 5.74) is 11.7. The first-order chi connectivity index (χ1) is 25.2. The summed E-state index contributed by atoms with van der Waals surface area (Å²) in [5, 5.41) is 10.6. The minimum atomic E-state index is -0.0388. The molecule has 0 spiro atoms. The highest BCUT2D eigenvalue weighted by molar-refractivity contribution is 6.12. The second-order valence-corrected chi connectivity index (χ2v) is 14.7. The van der Waals surface area contributed by atoms with E-state index in [9.17, 15) is 0 Å². The van der Waals surface area contributed by atoms with Crippen LogP contribution in [0.25, 0.3) is 28.1 Å². The Morgan fingerprint density at radius 2 is 1.61 bits per heavy atom. The van der Waals surface area contributed by atoms with Gasteiger partial charge in [0.1, 0.15) is 5.84 Å². The molecule has 2 heterocycles. The second kappa shape index (κ2) is 13.8. The summed E-state index contributed by atoms with van der Waals surface area (Å²) in [6.07, 6.45) is 27.6. The molecule has 2 aliphatic heterocycles. The van der Waals surface area contributed by atoms with Crippen molar-refractivity contribution < 1.29 is 0 Å². The van der Waals surface area contributed by atoms with Gasteiger partial charge in [-0.15, -0.1) is 0 Å². The van der Waals surface area contributed by atoms with Crippen LogP contribution in [0.1, 0.15) is 59.9 Å². The SMILES string of the molecule is CC1C=CC(C2=CC(C3=NC(C4C=CC=CC4)C(c4ccccc4)=C(c4ccccc4)N3)=CC(c3cc4ccccc4c4c3C=CCC4)C2)NC1. The second-order valence-electron chi connectivity index (χ2n) is 14.7. The third-order valence-electron chi connectivity index (χ3n) is 11.3. The lowest BCUT2D eigenvalue weighted by molar-refractivity contribution is 0.528. The predicted molar refractivity (Wildman–Crippen MR) is 215 cm³/mol. The molecule has 5 aliphatic rings. The summed E-state index contributed by atoms with van der Waals surface area (Å²) in [5.74, 6) is 1.97. The van der Waals surface area contributed by atoms with E-state index in [2.05, 4.69) is 169 Å². The lowest BCUT2D eigenvalue weighted by Gasteiger charge is -2.35. The molecule has 3 aliphatic carbocycles. The van der Waals surface area contributed by atoms with Gasteiger partial charge < -0.3 is 10.6 Å². The van der Waals surface area contributed by atoms with E-state index in [1.165, 1.54) is 55.3 Å². The van der Waals surface area contributed by atoms with Crippen molar-refractivity contribution in [2.24, 2.45) is 16.8 Å². The molecule has 3 nitrogen and oxygen atoms in total. The molecule has 0 radical (unpaired) electrons. The molecule has 51 heavy (non-hydrogen) atoms. The zero-order valence-electron chi connectivity index (χ0n) is 29.3. The van der Waals surface area contributed by atoms with Crippen molar-refractivity contribution in [3.63, 3.8) is 0 Å². The molecule has 252 valence electrons. The van der Waals surface area contributed by atoms with Crippen LogP contribution in [-0.2, 0) is 6.42 Å². The first-order valence-corrected chi connectivity index (χ1v) is 18.8. The molecule has 0 saturated heterocycles. The number of hydrogen-bond acceptors (Lipinski definition) is 3. The fraction of sp³-hybridized carbons (Fsp3) is 0.229. The Balaban J connectivity index is 1.22. The number of fused-ring (bicyclic) bond motifs is 3. The topological polar surface area (TPSA) is 36.4 Å². The lowest BCUT2D eigenvalue weighted by atomic mass is 9.77. The quantitative estimate of drug-likeness (QED) is 0.202. The molecule has 5 atom stereocenters. The van der Waals surface area contributed by atoms with Crippen molar-refractivity contribution in [1.29, 1.82) is 0 Å². The zero-order chi connectivity index (χ0) is 34.1. The normalized spacial score (nSPS) is 25.6. The molecule has 0 bridgehead atoms. The highest BCUT2D eigenvalue weighted by Crippen LogP contribution is 2.43. The Morgan fingerprint density at radius 3 is 2.39 bits per heavy atom. The van der Waals surface area contributed by atoms with Crippen LogP contribution >= 0.6 is 0 Å². The number of amidine groups is 1. The van der Waals surface area contributed by atoms with Crippen LogP contribution in [0.2, 0.25) is 0 Å². The first-order valence-electron chi connectivity index (χ1n) is 18.8. The van der Waals surface area contributed by atoms with Gasteiger partial charge in [-0.3, -0.25) is 4.99 Å². The summed E-state index contributed by atoms with van der Waals surface area (Å²) in [4.78, 5) is 5.72. The summed E-state index contributed by atoms with van der Waals surface area (Å²) < 4.78 is 0. The van der Waals surface area contributed by atoms with Crippen molar-refractivity contribution in [3.05, 3.63) is 185 Å². The summed E-state index contributed by atoms with van der Waals surface area (Å²) in [7, 11) is 0. The molecule has 0 amide bonds. The van der Waals surface area contributed by atoms with E-state index >= 15 is 0 Å². The van der Waals surface area contributed by atoms with E-state index in [-0.39, 0.29) is 23.9 Å². The summed E-state index contributed by atoms with van der Waals surface area (Å²) >= 11 is 0. The molecule has 0 fully saturated rings. The van der Waals surface area contributed by atoms with E-state index < -0.39 is 0 Å². The summed E-state index contributed by atoms with van der Waals surface area (Å²) in [6, 6.07) is 33.3. The minimum absolute atomic E-state index is 0.0388. The van der Waals surface area contributed by atoms with Gasteiger partial charge in [0, 0.05) is 35.6 Å². The van der Waals surface area contributed by atoms with Gasteiger partial charge in [-0.1, -0.05) is 153 Å². The average Bonchev–Trinajstić information content (AvgIpc) is 3.21. The standard InChI is InChI=1S/C48H45N3/c1-32-25-26-44(49-31-32)38-27-37(43-30-36-21-11-12-22-40(36)41-23-13-14-24-42(41)43)28-39(29-38)48-50-46(34-17-7-3-8-18-34)45(33-15-5-2-6-16-33)47(51-48)35-19-9-4-10-20-35/h2-12,14-19,21-22,24-26,28-30,32,35,37,44,47,49H,13,20,23,27,31H2,1H3,(H,50,51). The number of rotatable bonds is 6. The largest absolute Gasteiger partial charge is 0.339 e. The highest BCUT2D eigenvalue weighted by atomic mass is 15.1. The molecule has 2 N–H and O–H groups in total. The Labute approximate surface area is 302 Å². The molecular formula is C48H45N3. The van der Waals surface area contributed by atoms with Gasteiger partial charge in [-0.25, -0.2) is 0 Å². The van der Waals surface area contributed by atoms with Gasteiger partial charge in [0.05, 0.1) is 11.7 Å². The van der Waals surface area contributed by atoms with Crippen molar-refractivity contribution in [1.82, 2.24) is 10.6 Å². The van der Waals surface area contributed by atoms with Gasteiger partial charge in [0.25, 0.3) is 0 Å². The van der Waals surface area contributed by atoms with Crippen molar-refractivity contribution in [2.45, 2.75) is 50.6 Å². The van der Waals surface area contributed by atoms with Gasteiger partial charge in [-0.05, 0) is 81.8 Å². The fourth-order valence-electron chi connectivity index (χ4n) is 8.69. The van der Waals surface area contributed by atoms with Crippen LogP contribution < -0.4 is 10.6 Å². The van der Waals surface area contributed by atoms with E-state index in [0.29, 0.717) is 5.92 Å². The van der Waals surface area contributed by atoms with Gasteiger partial charge in [-0.2, -0.15) is 0 Å². The van der Waals surface area contributed by atoms with E-state index in [1.54, 1.807) is 0 Å². The first kappa shape index (κ1) is 31.7. The Morgan fingerprint density at radius 1 is 0.804 bits per heavy atom. The molecule has 0 aromatic heterocycles. The van der Waals surface area contributed by atoms with Gasteiger partial charge >= 0.3 is 0 Å². The molecule has 0 saturated carbocycles. The smallest absolute Gasteiger partial charge is 0.133 e. The molecule has 3 heteroatoms. The monoisotopic (exact) mass is 663 g/mol. The number of nitrogens with zero attached hydrogens (tertiary/aromatic N) is 1. The highest BCUT2D eigenvalue weighted by Gasteiger charge is 2.34. The van der Waals surface area contributed by atoms with Crippen LogP contribution in [0.4, 0.5) is 0 Å². The summed E-state index contributed by atoms with van der Waals surface area (Å²) in [6.45, 7) is 3.27. The van der Waals surface area contributed by atoms with Crippen molar-refractivity contribution in [2.75, 3.05) is 6.54 Å². The Bertz CT molecular complexity index is 2210. The molecule has 5 unspecified atom stereocenters. The number of allylic oxidation sites excluding steroid dienone is 5. The fourth-order valence-corrected chi connectivity index (χ4v) is 8.69. The van der Waals surface area contributed by atoms with Crippen molar-refractivity contribution >= 4 is 34.0 Å². The average molecular weight is 664 g/mol. The van der Waals surface area contributed by atoms with Crippen LogP contribution in [0.15, 0.2) is 162 Å². The molecule has 4 aromatic carbocycles. The third-order valence-corrected chi connectivity index (χ3v) is 11.3. The number of hydrogen-bond donors (Lipinski definition) is 2. The van der Waals surface area contributed by atoms with E-state index in [0.717, 1.165) is 43.8 Å². The number of aryl methyl sites for hydroxylation is 1. The van der Waals surface area contributed by atoms with Crippen LogP contribution in [-0.4, -0.2) is 24.5 Å². The Kier molecular flexibility index (Phi) is 8.59. The van der Waals surface area contributed by atoms with Crippen LogP contribution in [0.5, 0.6) is 0 Å². The molecular weight excluding hydrogens is 619 g/mol. The minimum Gasteiger partial charge on any atom is -0.339 e. The van der Waals surface area contributed by atoms with Crippen molar-refractivity contribution in [3.8, 4) is 0 Å². The maximum Gasteiger partial charge on any atom is 0.133 e. The van der Waals surface area contributed by atoms with Crippen LogP contribution in [0.3, 0.4) is 0 Å². The molecule has 4 aromatic rings. The number of nitrogens with one attached hydrogen (secondary N) is 2. The third kappa shape index (κ3) is 6.21. The van der Waals surface area contributed by atoms with Gasteiger partial charge in [0.15, 0.2) is 0 Å². The number of aliphatic imine (C=N–C) groups is 1. The Hall–Kier alpha value is -5.25. The predicted octanol–water partition coefficient (Wildman–Crippen LogP) is 10.4. The lowest BCUT2D eigenvalue weighted by Crippen LogP contribution is -2.38. The van der Waals surface area contributed by atoms with E-state index in [4.69, 9.17) is 4.99 Å². The maximum atomic E-state index is 5.72. The van der Waals surface area contributed by atoms with Gasteiger partial charge in [0.2, 0.25) is 0 Å². The zero-order valence-corrected chi connectivity index (χ0v) is 29.3. The van der Waals surface area contributed by atoms with E-state index in [1.807, 2.05) is 0 Å². The molecule has 9 rings (SSSR count). The van der Waals surface area contributed by atoms with Crippen LogP contribution in [0, 0.1) is 11.8 Å². The number of benzene rings is 4.